The Hall–Kier alpha value is -2.10. The Labute approximate surface area is 94.1 Å². The van der Waals surface area contributed by atoms with Crippen LogP contribution in [0, 0.1) is 13.8 Å². The first kappa shape index (κ1) is 10.4. The number of nitrogens with zero attached hydrogens (tertiary/aromatic N) is 2. The molecule has 0 spiro atoms. The maximum Gasteiger partial charge on any atom is 0.224 e. The molecule has 4 nitrogen and oxygen atoms in total. The van der Waals surface area contributed by atoms with Gasteiger partial charge in [-0.2, -0.15) is 4.98 Å². The largest absolute Gasteiger partial charge is 0.439 e. The number of hydrogen-bond acceptors (Lipinski definition) is 4. The minimum absolute atomic E-state index is 0.413. The Bertz CT molecular complexity index is 491. The summed E-state index contributed by atoms with van der Waals surface area (Å²) in [6.07, 6.45) is 0. The van der Waals surface area contributed by atoms with Gasteiger partial charge in [-0.15, -0.1) is 0 Å². The van der Waals surface area contributed by atoms with Crippen molar-refractivity contribution >= 4 is 5.82 Å². The van der Waals surface area contributed by atoms with Crippen molar-refractivity contribution in [1.82, 2.24) is 9.97 Å². The molecule has 0 aliphatic heterocycles. The highest BCUT2D eigenvalue weighted by molar-refractivity contribution is 5.38. The number of benzene rings is 1. The van der Waals surface area contributed by atoms with Crippen LogP contribution in [0.15, 0.2) is 30.3 Å². The third kappa shape index (κ3) is 2.28. The normalized spacial score (nSPS) is 10.1. The summed E-state index contributed by atoms with van der Waals surface area (Å²) in [6, 6.07) is 9.36. The maximum atomic E-state index is 5.64. The van der Waals surface area contributed by atoms with Crippen molar-refractivity contribution < 1.29 is 4.74 Å². The summed E-state index contributed by atoms with van der Waals surface area (Å²) in [4.78, 5) is 8.14. The molecule has 82 valence electrons. The first-order valence-corrected chi connectivity index (χ1v) is 5.00. The minimum atomic E-state index is 0.413. The topological polar surface area (TPSA) is 61.0 Å². The molecule has 0 bridgehead atoms. The molecular weight excluding hydrogens is 202 g/mol. The molecule has 0 aliphatic rings. The van der Waals surface area contributed by atoms with E-state index in [9.17, 15) is 0 Å². The van der Waals surface area contributed by atoms with E-state index in [1.54, 1.807) is 13.0 Å². The molecule has 0 aliphatic carbocycles. The van der Waals surface area contributed by atoms with E-state index in [1.165, 1.54) is 0 Å². The fourth-order valence-electron chi connectivity index (χ4n) is 1.40. The molecule has 0 fully saturated rings. The molecular formula is C12H13N3O. The van der Waals surface area contributed by atoms with E-state index in [-0.39, 0.29) is 0 Å². The lowest BCUT2D eigenvalue weighted by Crippen LogP contribution is -1.98. The zero-order chi connectivity index (χ0) is 11.5. The molecule has 2 N–H and O–H groups in total. The van der Waals surface area contributed by atoms with Crippen LogP contribution in [0.1, 0.15) is 11.4 Å². The molecule has 1 heterocycles. The van der Waals surface area contributed by atoms with Gasteiger partial charge < -0.3 is 10.5 Å². The fourth-order valence-corrected chi connectivity index (χ4v) is 1.40. The monoisotopic (exact) mass is 215 g/mol. The quantitative estimate of drug-likeness (QED) is 0.835. The molecule has 0 radical (unpaired) electrons. The van der Waals surface area contributed by atoms with Gasteiger partial charge in [0, 0.05) is 6.07 Å². The molecule has 0 saturated carbocycles. The van der Waals surface area contributed by atoms with Crippen molar-refractivity contribution in [3.05, 3.63) is 41.7 Å². The number of nitrogens with two attached hydrogens (primary N) is 1. The van der Waals surface area contributed by atoms with Gasteiger partial charge in [-0.1, -0.05) is 18.2 Å². The molecule has 2 rings (SSSR count). The van der Waals surface area contributed by atoms with Crippen LogP contribution in [-0.4, -0.2) is 9.97 Å². The zero-order valence-corrected chi connectivity index (χ0v) is 9.27. The van der Waals surface area contributed by atoms with Crippen LogP contribution in [0.4, 0.5) is 5.82 Å². The first-order chi connectivity index (χ1) is 7.65. The van der Waals surface area contributed by atoms with Crippen molar-refractivity contribution in [2.24, 2.45) is 0 Å². The van der Waals surface area contributed by atoms with Crippen molar-refractivity contribution in [3.63, 3.8) is 0 Å². The Morgan fingerprint density at radius 1 is 1.12 bits per heavy atom. The van der Waals surface area contributed by atoms with Gasteiger partial charge in [-0.25, -0.2) is 4.98 Å². The van der Waals surface area contributed by atoms with E-state index >= 15 is 0 Å². The molecule has 0 atom stereocenters. The molecule has 0 saturated heterocycles. The van der Waals surface area contributed by atoms with Crippen LogP contribution in [-0.2, 0) is 0 Å². The lowest BCUT2D eigenvalue weighted by atomic mass is 10.2. The summed E-state index contributed by atoms with van der Waals surface area (Å²) >= 11 is 0. The van der Waals surface area contributed by atoms with Gasteiger partial charge in [0.25, 0.3) is 0 Å². The Kier molecular flexibility index (Phi) is 2.72. The van der Waals surface area contributed by atoms with Crippen LogP contribution in [0.2, 0.25) is 0 Å². The second-order valence-corrected chi connectivity index (χ2v) is 3.55. The number of hydrogen-bond donors (Lipinski definition) is 1. The molecule has 4 heteroatoms. The molecule has 2 aromatic rings. The van der Waals surface area contributed by atoms with Crippen LogP contribution < -0.4 is 10.5 Å². The standard InChI is InChI=1S/C12H13N3O/c1-8-5-3-4-6-10(8)16-12-7-11(13)14-9(2)15-12/h3-7H,1-2H3,(H2,13,14,15). The lowest BCUT2D eigenvalue weighted by Gasteiger charge is -2.08. The average molecular weight is 215 g/mol. The Morgan fingerprint density at radius 3 is 2.56 bits per heavy atom. The first-order valence-electron chi connectivity index (χ1n) is 5.00. The van der Waals surface area contributed by atoms with Gasteiger partial charge in [0.05, 0.1) is 0 Å². The van der Waals surface area contributed by atoms with Crippen LogP contribution in [0.25, 0.3) is 0 Å². The Morgan fingerprint density at radius 2 is 1.88 bits per heavy atom. The van der Waals surface area contributed by atoms with Crippen molar-refractivity contribution in [1.29, 1.82) is 0 Å². The summed E-state index contributed by atoms with van der Waals surface area (Å²) in [5.41, 5.74) is 6.67. The summed E-state index contributed by atoms with van der Waals surface area (Å²) in [5.74, 6) is 2.26. The predicted molar refractivity (Wildman–Crippen MR) is 62.4 cm³/mol. The smallest absolute Gasteiger partial charge is 0.224 e. The summed E-state index contributed by atoms with van der Waals surface area (Å²) in [5, 5.41) is 0. The van der Waals surface area contributed by atoms with Gasteiger partial charge in [0.15, 0.2) is 0 Å². The predicted octanol–water partition coefficient (Wildman–Crippen LogP) is 2.47. The van der Waals surface area contributed by atoms with Gasteiger partial charge >= 0.3 is 0 Å². The van der Waals surface area contributed by atoms with Crippen molar-refractivity contribution in [2.75, 3.05) is 5.73 Å². The number of aryl methyl sites for hydroxylation is 2. The summed E-state index contributed by atoms with van der Waals surface area (Å²) < 4.78 is 5.64. The number of anilines is 1. The Balaban J connectivity index is 2.30. The van der Waals surface area contributed by atoms with Gasteiger partial charge in [0.2, 0.25) is 5.88 Å². The van der Waals surface area contributed by atoms with E-state index < -0.39 is 0 Å². The van der Waals surface area contributed by atoms with Gasteiger partial charge in [-0.3, -0.25) is 0 Å². The number of aromatic nitrogens is 2. The molecule has 1 aromatic carbocycles. The highest BCUT2D eigenvalue weighted by Gasteiger charge is 2.03. The molecule has 1 aromatic heterocycles. The number of ether oxygens (including phenoxy) is 1. The minimum Gasteiger partial charge on any atom is -0.439 e. The fraction of sp³-hybridized carbons (Fsp3) is 0.167. The second kappa shape index (κ2) is 4.18. The van der Waals surface area contributed by atoms with E-state index in [1.807, 2.05) is 31.2 Å². The van der Waals surface area contributed by atoms with E-state index in [4.69, 9.17) is 10.5 Å². The van der Waals surface area contributed by atoms with Crippen LogP contribution in [0.5, 0.6) is 11.6 Å². The van der Waals surface area contributed by atoms with E-state index in [0.717, 1.165) is 11.3 Å². The van der Waals surface area contributed by atoms with Crippen molar-refractivity contribution in [3.8, 4) is 11.6 Å². The van der Waals surface area contributed by atoms with Crippen LogP contribution in [0.3, 0.4) is 0 Å². The molecule has 0 amide bonds. The maximum absolute atomic E-state index is 5.64. The second-order valence-electron chi connectivity index (χ2n) is 3.55. The summed E-state index contributed by atoms with van der Waals surface area (Å²) in [7, 11) is 0. The number of rotatable bonds is 2. The van der Waals surface area contributed by atoms with Gasteiger partial charge in [0.1, 0.15) is 17.4 Å². The highest BCUT2D eigenvalue weighted by Crippen LogP contribution is 2.23. The third-order valence-corrected chi connectivity index (χ3v) is 2.14. The lowest BCUT2D eigenvalue weighted by molar-refractivity contribution is 0.457. The van der Waals surface area contributed by atoms with Crippen LogP contribution >= 0.6 is 0 Å². The SMILES string of the molecule is Cc1nc(N)cc(Oc2ccccc2C)n1. The highest BCUT2D eigenvalue weighted by atomic mass is 16.5. The van der Waals surface area contributed by atoms with Crippen molar-refractivity contribution in [2.45, 2.75) is 13.8 Å². The average Bonchev–Trinajstić information content (AvgIpc) is 2.20. The zero-order valence-electron chi connectivity index (χ0n) is 9.27. The third-order valence-electron chi connectivity index (χ3n) is 2.14. The van der Waals surface area contributed by atoms with E-state index in [0.29, 0.717) is 17.5 Å². The van der Waals surface area contributed by atoms with E-state index in [2.05, 4.69) is 9.97 Å². The number of para-hydroxylation sites is 1. The van der Waals surface area contributed by atoms with Gasteiger partial charge in [-0.05, 0) is 25.5 Å². The summed E-state index contributed by atoms with van der Waals surface area (Å²) in [6.45, 7) is 3.76. The molecule has 16 heavy (non-hydrogen) atoms. The molecule has 0 unspecified atom stereocenters. The number of nitrogen functional groups attached to an aromatic ring is 1.